The molecule has 2 aromatic carbocycles. The lowest BCUT2D eigenvalue weighted by Gasteiger charge is -2.08. The molecule has 140 valence electrons. The highest BCUT2D eigenvalue weighted by Gasteiger charge is 2.13. The molecular formula is C21H15BrN2O4. The molecule has 0 spiro atoms. The molecule has 28 heavy (non-hydrogen) atoms. The van der Waals surface area contributed by atoms with E-state index in [0.717, 1.165) is 4.47 Å². The van der Waals surface area contributed by atoms with Crippen LogP contribution >= 0.6 is 15.9 Å². The third-order valence-electron chi connectivity index (χ3n) is 3.64. The average Bonchev–Trinajstić information content (AvgIpc) is 2.71. The van der Waals surface area contributed by atoms with Crippen molar-refractivity contribution in [2.24, 2.45) is 0 Å². The summed E-state index contributed by atoms with van der Waals surface area (Å²) in [4.78, 5) is 27.8. The molecular weight excluding hydrogens is 424 g/mol. The number of carboxylic acid groups (broad SMARTS) is 1. The fraction of sp³-hybridized carbons (Fsp3) is 0. The number of carboxylic acids is 1. The number of rotatable bonds is 6. The Morgan fingerprint density at radius 2 is 1.71 bits per heavy atom. The first-order chi connectivity index (χ1) is 13.5. The highest BCUT2D eigenvalue weighted by atomic mass is 79.9. The molecule has 1 amide bonds. The SMILES string of the molecule is O=C(O)C(=Cc1ccc(Oc2ccccc2Br)nc1)NC(=O)c1ccccc1. The predicted octanol–water partition coefficient (Wildman–Crippen LogP) is 4.49. The number of aliphatic carboxylic acids is 1. The van der Waals surface area contributed by atoms with E-state index in [1.54, 1.807) is 48.5 Å². The standard InChI is InChI=1S/C21H15BrN2O4/c22-16-8-4-5-9-18(16)28-19-11-10-14(13-23-19)12-17(21(26)27)24-20(25)15-6-2-1-3-7-15/h1-13H,(H,24,25)(H,26,27). The summed E-state index contributed by atoms with van der Waals surface area (Å²) in [7, 11) is 0. The maximum absolute atomic E-state index is 12.2. The van der Waals surface area contributed by atoms with E-state index in [9.17, 15) is 14.7 Å². The van der Waals surface area contributed by atoms with Crippen LogP contribution < -0.4 is 10.1 Å². The van der Waals surface area contributed by atoms with E-state index in [-0.39, 0.29) is 5.70 Å². The molecule has 0 bridgehead atoms. The summed E-state index contributed by atoms with van der Waals surface area (Å²) in [6.45, 7) is 0. The van der Waals surface area contributed by atoms with Crippen LogP contribution in [0.15, 0.2) is 83.1 Å². The zero-order chi connectivity index (χ0) is 19.9. The summed E-state index contributed by atoms with van der Waals surface area (Å²) in [5.74, 6) is -0.789. The van der Waals surface area contributed by atoms with E-state index in [0.29, 0.717) is 22.8 Å². The van der Waals surface area contributed by atoms with Crippen LogP contribution in [0.3, 0.4) is 0 Å². The number of pyridine rings is 1. The Bertz CT molecular complexity index is 1020. The van der Waals surface area contributed by atoms with Gasteiger partial charge in [0.25, 0.3) is 5.91 Å². The summed E-state index contributed by atoms with van der Waals surface area (Å²) < 4.78 is 6.46. The smallest absolute Gasteiger partial charge is 0.352 e. The fourth-order valence-corrected chi connectivity index (χ4v) is 2.65. The number of halogens is 1. The predicted molar refractivity (Wildman–Crippen MR) is 108 cm³/mol. The number of aromatic nitrogens is 1. The van der Waals surface area contributed by atoms with Crippen LogP contribution in [0.25, 0.3) is 6.08 Å². The Hall–Kier alpha value is -3.45. The summed E-state index contributed by atoms with van der Waals surface area (Å²) >= 11 is 3.39. The molecule has 0 aliphatic heterocycles. The number of benzene rings is 2. The summed E-state index contributed by atoms with van der Waals surface area (Å²) in [5.41, 5.74) is 0.616. The van der Waals surface area contributed by atoms with E-state index in [1.807, 2.05) is 18.2 Å². The molecule has 6 nitrogen and oxygen atoms in total. The van der Waals surface area contributed by atoms with Crippen molar-refractivity contribution in [3.8, 4) is 11.6 Å². The van der Waals surface area contributed by atoms with Gasteiger partial charge in [-0.2, -0.15) is 0 Å². The van der Waals surface area contributed by atoms with Gasteiger partial charge in [0, 0.05) is 17.8 Å². The molecule has 0 fully saturated rings. The minimum atomic E-state index is -1.25. The van der Waals surface area contributed by atoms with E-state index in [2.05, 4.69) is 26.2 Å². The van der Waals surface area contributed by atoms with Crippen molar-refractivity contribution in [2.45, 2.75) is 0 Å². The molecule has 1 aromatic heterocycles. The van der Waals surface area contributed by atoms with Crippen LogP contribution in [0.4, 0.5) is 0 Å². The topological polar surface area (TPSA) is 88.5 Å². The largest absolute Gasteiger partial charge is 0.477 e. The van der Waals surface area contributed by atoms with E-state index >= 15 is 0 Å². The van der Waals surface area contributed by atoms with Gasteiger partial charge in [0.2, 0.25) is 5.88 Å². The molecule has 3 rings (SSSR count). The molecule has 0 atom stereocenters. The number of nitrogens with zero attached hydrogens (tertiary/aromatic N) is 1. The first-order valence-corrected chi connectivity index (χ1v) is 9.02. The number of ether oxygens (including phenoxy) is 1. The maximum Gasteiger partial charge on any atom is 0.352 e. The van der Waals surface area contributed by atoms with Gasteiger partial charge in [-0.1, -0.05) is 30.3 Å². The van der Waals surface area contributed by atoms with Crippen LogP contribution in [0.1, 0.15) is 15.9 Å². The Morgan fingerprint density at radius 3 is 2.36 bits per heavy atom. The highest BCUT2D eigenvalue weighted by Crippen LogP contribution is 2.28. The zero-order valence-corrected chi connectivity index (χ0v) is 16.1. The highest BCUT2D eigenvalue weighted by molar-refractivity contribution is 9.10. The molecule has 0 radical (unpaired) electrons. The second kappa shape index (κ2) is 8.96. The van der Waals surface area contributed by atoms with Crippen molar-refractivity contribution in [3.63, 3.8) is 0 Å². The molecule has 1 heterocycles. The number of nitrogens with one attached hydrogen (secondary N) is 1. The summed E-state index contributed by atoms with van der Waals surface area (Å²) in [5, 5.41) is 11.8. The van der Waals surface area contributed by atoms with Crippen molar-refractivity contribution < 1.29 is 19.4 Å². The average molecular weight is 439 g/mol. The minimum absolute atomic E-state index is 0.255. The van der Waals surface area contributed by atoms with Crippen molar-refractivity contribution in [1.29, 1.82) is 0 Å². The first kappa shape index (κ1) is 19.3. The first-order valence-electron chi connectivity index (χ1n) is 8.23. The summed E-state index contributed by atoms with van der Waals surface area (Å²) in [6, 6.07) is 19.0. The fourth-order valence-electron chi connectivity index (χ4n) is 2.28. The molecule has 0 saturated heterocycles. The number of hydrogen-bond acceptors (Lipinski definition) is 4. The van der Waals surface area contributed by atoms with Gasteiger partial charge in [-0.15, -0.1) is 0 Å². The van der Waals surface area contributed by atoms with Crippen molar-refractivity contribution in [1.82, 2.24) is 10.3 Å². The molecule has 0 saturated carbocycles. The van der Waals surface area contributed by atoms with E-state index in [4.69, 9.17) is 4.74 Å². The van der Waals surface area contributed by atoms with Crippen molar-refractivity contribution in [2.75, 3.05) is 0 Å². The van der Waals surface area contributed by atoms with Gasteiger partial charge in [0.15, 0.2) is 0 Å². The Balaban J connectivity index is 1.75. The van der Waals surface area contributed by atoms with Crippen molar-refractivity contribution >= 4 is 33.9 Å². The van der Waals surface area contributed by atoms with Crippen LogP contribution in [0.2, 0.25) is 0 Å². The molecule has 3 aromatic rings. The van der Waals surface area contributed by atoms with E-state index < -0.39 is 11.9 Å². The van der Waals surface area contributed by atoms with E-state index in [1.165, 1.54) is 12.3 Å². The zero-order valence-electron chi connectivity index (χ0n) is 14.5. The second-order valence-electron chi connectivity index (χ2n) is 5.65. The van der Waals surface area contributed by atoms with Gasteiger partial charge in [0.05, 0.1) is 4.47 Å². The normalized spacial score (nSPS) is 11.0. The third-order valence-corrected chi connectivity index (χ3v) is 4.29. The molecule has 2 N–H and O–H groups in total. The lowest BCUT2D eigenvalue weighted by atomic mass is 10.2. The van der Waals surface area contributed by atoms with Gasteiger partial charge >= 0.3 is 5.97 Å². The van der Waals surface area contributed by atoms with Gasteiger partial charge < -0.3 is 15.2 Å². The monoisotopic (exact) mass is 438 g/mol. The van der Waals surface area contributed by atoms with Gasteiger partial charge in [0.1, 0.15) is 11.4 Å². The minimum Gasteiger partial charge on any atom is -0.477 e. The quantitative estimate of drug-likeness (QED) is 0.553. The maximum atomic E-state index is 12.2. The van der Waals surface area contributed by atoms with Crippen LogP contribution in [0, 0.1) is 0 Å². The molecule has 0 unspecified atom stereocenters. The molecule has 7 heteroatoms. The van der Waals surface area contributed by atoms with Crippen LogP contribution in [-0.4, -0.2) is 22.0 Å². The Morgan fingerprint density at radius 1 is 1.00 bits per heavy atom. The van der Waals surface area contributed by atoms with Crippen LogP contribution in [0.5, 0.6) is 11.6 Å². The number of hydrogen-bond donors (Lipinski definition) is 2. The lowest BCUT2D eigenvalue weighted by Crippen LogP contribution is -2.27. The van der Waals surface area contributed by atoms with Gasteiger partial charge in [-0.25, -0.2) is 9.78 Å². The number of para-hydroxylation sites is 1. The third kappa shape index (κ3) is 5.05. The molecule has 0 aliphatic rings. The summed E-state index contributed by atoms with van der Waals surface area (Å²) in [6.07, 6.45) is 2.79. The van der Waals surface area contributed by atoms with Crippen LogP contribution in [-0.2, 0) is 4.79 Å². The Labute approximate surface area is 169 Å². The molecule has 0 aliphatic carbocycles. The van der Waals surface area contributed by atoms with Crippen molar-refractivity contribution in [3.05, 3.63) is 94.2 Å². The number of carbonyl (C=O) groups is 2. The second-order valence-corrected chi connectivity index (χ2v) is 6.50. The number of carbonyl (C=O) groups excluding carboxylic acids is 1. The number of amides is 1. The lowest BCUT2D eigenvalue weighted by molar-refractivity contribution is -0.132. The van der Waals surface area contributed by atoms with Gasteiger partial charge in [-0.05, 0) is 57.9 Å². The van der Waals surface area contributed by atoms with Gasteiger partial charge in [-0.3, -0.25) is 4.79 Å². The Kier molecular flexibility index (Phi) is 6.18.